The number of aliphatic hydroxyl groups excluding tert-OH is 1. The van der Waals surface area contributed by atoms with Gasteiger partial charge in [0.25, 0.3) is 0 Å². The number of Topliss-reactive ketones (excluding diaryl/α,β-unsaturated/α-hetero) is 1. The molecule has 2 aliphatic carbocycles. The predicted octanol–water partition coefficient (Wildman–Crippen LogP) is 2.02. The molecule has 152 valence electrons. The summed E-state index contributed by atoms with van der Waals surface area (Å²) in [5.74, 6) is -0.452. The molecule has 7 unspecified atom stereocenters. The average Bonchev–Trinajstić information content (AvgIpc) is 3.13. The summed E-state index contributed by atoms with van der Waals surface area (Å²) in [5.41, 5.74) is 0.934. The Kier molecular flexibility index (Phi) is 8.57. The summed E-state index contributed by atoms with van der Waals surface area (Å²) < 4.78 is 5.76. The van der Waals surface area contributed by atoms with Crippen LogP contribution in [0.25, 0.3) is 0 Å². The van der Waals surface area contributed by atoms with Gasteiger partial charge < -0.3 is 14.6 Å². The van der Waals surface area contributed by atoms with E-state index >= 15 is 0 Å². The molecule has 7 atom stereocenters. The van der Waals surface area contributed by atoms with Crippen molar-refractivity contribution in [2.45, 2.75) is 51.9 Å². The van der Waals surface area contributed by atoms with Crippen molar-refractivity contribution in [1.29, 1.82) is 0 Å². The highest BCUT2D eigenvalue weighted by atomic mass is 16.6. The van der Waals surface area contributed by atoms with E-state index in [0.717, 1.165) is 18.7 Å². The van der Waals surface area contributed by atoms with E-state index in [9.17, 15) is 14.7 Å². The average molecular weight is 379 g/mol. The molecule has 0 aromatic heterocycles. The number of hydrogen-bond donors (Lipinski definition) is 1. The van der Waals surface area contributed by atoms with Gasteiger partial charge in [0.1, 0.15) is 24.7 Å². The fraction of sp³-hybridized carbons (Fsp3) is 0.667. The number of rotatable bonds is 3. The van der Waals surface area contributed by atoms with Crippen LogP contribution in [-0.4, -0.2) is 59.9 Å². The van der Waals surface area contributed by atoms with Gasteiger partial charge in [-0.25, -0.2) is 0 Å². The Bertz CT molecular complexity index is 557. The lowest BCUT2D eigenvalue weighted by atomic mass is 9.78. The number of fused-ring (bicyclic) bond motifs is 3. The highest BCUT2D eigenvalue weighted by Gasteiger charge is 2.59. The number of esters is 1. The molecule has 6 nitrogen and oxygen atoms in total. The van der Waals surface area contributed by atoms with Crippen LogP contribution in [0.3, 0.4) is 0 Å². The zero-order chi connectivity index (χ0) is 20.9. The maximum absolute atomic E-state index is 12.5. The van der Waals surface area contributed by atoms with Gasteiger partial charge in [-0.05, 0) is 25.4 Å². The van der Waals surface area contributed by atoms with Crippen molar-refractivity contribution in [2.75, 3.05) is 13.1 Å². The van der Waals surface area contributed by atoms with Crippen LogP contribution in [0, 0.1) is 23.7 Å². The lowest BCUT2D eigenvalue weighted by molar-refractivity contribution is -0.148. The lowest BCUT2D eigenvalue weighted by Crippen LogP contribution is -2.48. The molecule has 6 heteroatoms. The first kappa shape index (κ1) is 23.2. The van der Waals surface area contributed by atoms with Crippen LogP contribution in [0.4, 0.5) is 0 Å². The minimum Gasteiger partial charge on any atom is -0.460 e. The highest BCUT2D eigenvalue weighted by molar-refractivity contribution is 5.85. The van der Waals surface area contributed by atoms with Crippen LogP contribution in [0.15, 0.2) is 25.3 Å². The summed E-state index contributed by atoms with van der Waals surface area (Å²) in [4.78, 5) is 34.8. The predicted molar refractivity (Wildman–Crippen MR) is 104 cm³/mol. The maximum Gasteiger partial charge on any atom is 0.324 e. The van der Waals surface area contributed by atoms with Gasteiger partial charge in [-0.3, -0.25) is 14.5 Å². The van der Waals surface area contributed by atoms with Crippen LogP contribution < -0.4 is 0 Å². The zero-order valence-corrected chi connectivity index (χ0v) is 16.7. The third kappa shape index (κ3) is 4.06. The van der Waals surface area contributed by atoms with Gasteiger partial charge in [-0.2, -0.15) is 0 Å². The Hall–Kier alpha value is -1.79. The first-order valence-electron chi connectivity index (χ1n) is 9.52. The minimum absolute atomic E-state index is 0.0328. The van der Waals surface area contributed by atoms with Crippen LogP contribution in [0.5, 0.6) is 0 Å². The van der Waals surface area contributed by atoms with Crippen molar-refractivity contribution < 1.29 is 24.2 Å². The van der Waals surface area contributed by atoms with Gasteiger partial charge in [0, 0.05) is 24.2 Å². The standard InChI is InChI=1S/C18H27NO4.C2H4.CH2O/c1-5-19(6-2)16-15-13(21)7-9(3)11-8-12(20)10(4)14(11)17(15)23-18(16)22;2*1-2/h10-11,13-17,21H,3,5-8H2,1-2,4H3;1-2H2;1H2. The Morgan fingerprint density at radius 3 is 2.19 bits per heavy atom. The van der Waals surface area contributed by atoms with Crippen molar-refractivity contribution in [3.8, 4) is 0 Å². The lowest BCUT2D eigenvalue weighted by Gasteiger charge is -2.33. The van der Waals surface area contributed by atoms with E-state index in [2.05, 4.69) is 24.6 Å². The second-order valence-electron chi connectivity index (χ2n) is 7.22. The van der Waals surface area contributed by atoms with Gasteiger partial charge in [-0.1, -0.05) is 32.9 Å². The van der Waals surface area contributed by atoms with E-state index in [1.807, 2.05) is 27.6 Å². The Morgan fingerprint density at radius 1 is 1.11 bits per heavy atom. The van der Waals surface area contributed by atoms with E-state index in [0.29, 0.717) is 12.8 Å². The van der Waals surface area contributed by atoms with Crippen LogP contribution >= 0.6 is 0 Å². The molecule has 0 aromatic rings. The molecule has 1 saturated heterocycles. The summed E-state index contributed by atoms with van der Waals surface area (Å²) in [6, 6.07) is -0.417. The van der Waals surface area contributed by atoms with Gasteiger partial charge in [0.2, 0.25) is 0 Å². The number of carbonyl (C=O) groups is 3. The van der Waals surface area contributed by atoms with Crippen LogP contribution in [-0.2, 0) is 19.1 Å². The number of aliphatic hydroxyl groups is 1. The Labute approximate surface area is 162 Å². The number of hydrogen-bond acceptors (Lipinski definition) is 6. The molecule has 0 radical (unpaired) electrons. The molecule has 0 amide bonds. The molecule has 0 aromatic carbocycles. The first-order valence-corrected chi connectivity index (χ1v) is 9.52. The molecule has 3 aliphatic rings. The third-order valence-corrected chi connectivity index (χ3v) is 6.23. The third-order valence-electron chi connectivity index (χ3n) is 6.23. The molecule has 2 saturated carbocycles. The SMILES string of the molecule is C=C.C=C1CC(O)C2C(OC(=O)C2N(CC)CC)C2C(C)C(=O)CC12.C=O. The second kappa shape index (κ2) is 9.95. The monoisotopic (exact) mass is 379 g/mol. The topological polar surface area (TPSA) is 83.9 Å². The van der Waals surface area contributed by atoms with Crippen molar-refractivity contribution >= 4 is 18.5 Å². The smallest absolute Gasteiger partial charge is 0.324 e. The molecule has 3 rings (SSSR count). The fourth-order valence-electron chi connectivity index (χ4n) is 4.98. The number of nitrogens with zero attached hydrogens (tertiary/aromatic N) is 1. The van der Waals surface area contributed by atoms with Gasteiger partial charge >= 0.3 is 5.97 Å². The normalized spacial score (nSPS) is 37.2. The summed E-state index contributed by atoms with van der Waals surface area (Å²) >= 11 is 0. The number of likely N-dealkylation sites (N-methyl/N-ethyl adjacent to an activating group) is 1. The first-order chi connectivity index (χ1) is 12.9. The number of carbonyl (C=O) groups excluding carboxylic acids is 3. The highest BCUT2D eigenvalue weighted by Crippen LogP contribution is 2.51. The van der Waals surface area contributed by atoms with E-state index < -0.39 is 12.1 Å². The van der Waals surface area contributed by atoms with E-state index in [1.54, 1.807) is 0 Å². The summed E-state index contributed by atoms with van der Waals surface area (Å²) in [6.07, 6.45) is -0.101. The minimum atomic E-state index is -0.641. The molecule has 27 heavy (non-hydrogen) atoms. The Morgan fingerprint density at radius 2 is 1.67 bits per heavy atom. The van der Waals surface area contributed by atoms with E-state index in [-0.39, 0.29) is 41.5 Å². The molecule has 0 bridgehead atoms. The van der Waals surface area contributed by atoms with Crippen molar-refractivity contribution in [1.82, 2.24) is 4.90 Å². The van der Waals surface area contributed by atoms with E-state index in [4.69, 9.17) is 9.53 Å². The molecular formula is C21H33NO5. The molecular weight excluding hydrogens is 346 g/mol. The summed E-state index contributed by atoms with van der Waals surface area (Å²) in [5, 5.41) is 10.8. The van der Waals surface area contributed by atoms with Crippen LogP contribution in [0.1, 0.15) is 33.6 Å². The van der Waals surface area contributed by atoms with Gasteiger partial charge in [0.15, 0.2) is 0 Å². The Balaban J connectivity index is 0.000000855. The summed E-state index contributed by atoms with van der Waals surface area (Å²) in [7, 11) is 0. The zero-order valence-electron chi connectivity index (χ0n) is 16.7. The second-order valence-corrected chi connectivity index (χ2v) is 7.22. The molecule has 1 heterocycles. The van der Waals surface area contributed by atoms with Gasteiger partial charge in [-0.15, -0.1) is 13.2 Å². The maximum atomic E-state index is 12.5. The van der Waals surface area contributed by atoms with Crippen molar-refractivity contribution in [3.63, 3.8) is 0 Å². The number of ketones is 1. The number of ether oxygens (including phenoxy) is 1. The largest absolute Gasteiger partial charge is 0.460 e. The van der Waals surface area contributed by atoms with Gasteiger partial charge in [0.05, 0.1) is 6.10 Å². The molecule has 0 spiro atoms. The quantitative estimate of drug-likeness (QED) is 0.597. The molecule has 3 fully saturated rings. The molecule has 1 aliphatic heterocycles. The summed E-state index contributed by atoms with van der Waals surface area (Å²) in [6.45, 7) is 19.5. The van der Waals surface area contributed by atoms with Crippen molar-refractivity contribution in [3.05, 3.63) is 25.3 Å². The fourth-order valence-corrected chi connectivity index (χ4v) is 4.98. The van der Waals surface area contributed by atoms with Crippen molar-refractivity contribution in [2.24, 2.45) is 23.7 Å². The van der Waals surface area contributed by atoms with Crippen LogP contribution in [0.2, 0.25) is 0 Å². The van der Waals surface area contributed by atoms with E-state index in [1.165, 1.54) is 0 Å². The molecule has 1 N–H and O–H groups in total.